The zero-order valence-corrected chi connectivity index (χ0v) is 14.8. The maximum atomic E-state index is 11.8. The monoisotopic (exact) mass is 299 g/mol. The van der Waals surface area contributed by atoms with E-state index < -0.39 is 0 Å². The van der Waals surface area contributed by atoms with Crippen molar-refractivity contribution in [3.05, 3.63) is 0 Å². The third kappa shape index (κ3) is 14.1. The fraction of sp³-hybridized carbons (Fsp3) is 0.944. The van der Waals surface area contributed by atoms with E-state index in [0.29, 0.717) is 6.42 Å². The van der Waals surface area contributed by atoms with Crippen molar-refractivity contribution < 1.29 is 9.53 Å². The van der Waals surface area contributed by atoms with E-state index in [1.54, 1.807) is 0 Å². The molecule has 3 nitrogen and oxygen atoms in total. The smallest absolute Gasteiger partial charge is 0.306 e. The van der Waals surface area contributed by atoms with Gasteiger partial charge in [0.1, 0.15) is 6.10 Å². The van der Waals surface area contributed by atoms with Gasteiger partial charge in [-0.2, -0.15) is 0 Å². The van der Waals surface area contributed by atoms with Gasteiger partial charge < -0.3 is 9.64 Å². The summed E-state index contributed by atoms with van der Waals surface area (Å²) in [5.41, 5.74) is 0. The molecule has 0 saturated carbocycles. The van der Waals surface area contributed by atoms with Crippen LogP contribution in [0.3, 0.4) is 0 Å². The van der Waals surface area contributed by atoms with E-state index in [2.05, 4.69) is 18.7 Å². The minimum Gasteiger partial charge on any atom is -0.462 e. The predicted molar refractivity (Wildman–Crippen MR) is 90.6 cm³/mol. The first-order valence-electron chi connectivity index (χ1n) is 8.94. The third-order valence-corrected chi connectivity index (χ3v) is 3.87. The first-order chi connectivity index (χ1) is 10.1. The molecule has 0 radical (unpaired) electrons. The van der Waals surface area contributed by atoms with E-state index in [1.807, 2.05) is 14.1 Å². The van der Waals surface area contributed by atoms with Gasteiger partial charge in [0, 0.05) is 6.42 Å². The van der Waals surface area contributed by atoms with Gasteiger partial charge in [-0.05, 0) is 46.3 Å². The Morgan fingerprint density at radius 3 is 2.14 bits per heavy atom. The first kappa shape index (κ1) is 20.4. The van der Waals surface area contributed by atoms with E-state index >= 15 is 0 Å². The Hall–Kier alpha value is -0.570. The summed E-state index contributed by atoms with van der Waals surface area (Å²) in [4.78, 5) is 13.9. The highest BCUT2D eigenvalue weighted by Crippen LogP contribution is 2.14. The number of carbonyl (C=O) groups is 1. The van der Waals surface area contributed by atoms with E-state index in [1.165, 1.54) is 44.9 Å². The van der Waals surface area contributed by atoms with Crippen molar-refractivity contribution in [2.24, 2.45) is 0 Å². The lowest BCUT2D eigenvalue weighted by Gasteiger charge is -2.16. The molecule has 0 aromatic rings. The van der Waals surface area contributed by atoms with Gasteiger partial charge in [-0.15, -0.1) is 0 Å². The number of nitrogens with zero attached hydrogens (tertiary/aromatic N) is 1. The summed E-state index contributed by atoms with van der Waals surface area (Å²) in [5.74, 6) is -0.0216. The fourth-order valence-corrected chi connectivity index (χ4v) is 2.46. The molecule has 0 aromatic carbocycles. The predicted octanol–water partition coefficient (Wildman–Crippen LogP) is 4.79. The molecule has 0 aliphatic carbocycles. The van der Waals surface area contributed by atoms with Crippen LogP contribution >= 0.6 is 0 Å². The lowest BCUT2D eigenvalue weighted by atomic mass is 10.1. The van der Waals surface area contributed by atoms with Gasteiger partial charge in [0.05, 0.1) is 0 Å². The van der Waals surface area contributed by atoms with E-state index in [9.17, 15) is 4.79 Å². The summed E-state index contributed by atoms with van der Waals surface area (Å²) in [5, 5.41) is 0. The van der Waals surface area contributed by atoms with Gasteiger partial charge in [-0.25, -0.2) is 0 Å². The molecule has 0 rings (SSSR count). The summed E-state index contributed by atoms with van der Waals surface area (Å²) >= 11 is 0. The highest BCUT2D eigenvalue weighted by Gasteiger charge is 2.12. The molecule has 1 atom stereocenters. The summed E-state index contributed by atoms with van der Waals surface area (Å²) in [6.07, 6.45) is 12.7. The molecule has 0 saturated heterocycles. The standard InChI is InChI=1S/C18H37NO2/c1-5-7-8-9-10-11-12-14-17(6-2)21-18(20)15-13-16-19(3)4/h17H,5-16H2,1-4H3. The lowest BCUT2D eigenvalue weighted by molar-refractivity contribution is -0.149. The van der Waals surface area contributed by atoms with Crippen LogP contribution in [0, 0.1) is 0 Å². The summed E-state index contributed by atoms with van der Waals surface area (Å²) in [7, 11) is 4.06. The van der Waals surface area contributed by atoms with Crippen LogP contribution in [0.1, 0.15) is 84.5 Å². The maximum Gasteiger partial charge on any atom is 0.306 e. The lowest BCUT2D eigenvalue weighted by Crippen LogP contribution is -2.19. The Labute approximate surface area is 132 Å². The highest BCUT2D eigenvalue weighted by atomic mass is 16.5. The maximum absolute atomic E-state index is 11.8. The number of rotatable bonds is 14. The number of hydrogen-bond acceptors (Lipinski definition) is 3. The van der Waals surface area contributed by atoms with Gasteiger partial charge in [0.25, 0.3) is 0 Å². The van der Waals surface area contributed by atoms with E-state index in [0.717, 1.165) is 25.8 Å². The molecular formula is C18H37NO2. The average molecular weight is 299 g/mol. The number of ether oxygens (including phenoxy) is 1. The van der Waals surface area contributed by atoms with Gasteiger partial charge in [0.15, 0.2) is 0 Å². The van der Waals surface area contributed by atoms with Crippen molar-refractivity contribution in [3.8, 4) is 0 Å². The molecule has 0 amide bonds. The van der Waals surface area contributed by atoms with E-state index in [-0.39, 0.29) is 12.1 Å². The van der Waals surface area contributed by atoms with Crippen molar-refractivity contribution in [1.29, 1.82) is 0 Å². The van der Waals surface area contributed by atoms with Gasteiger partial charge in [-0.1, -0.05) is 52.4 Å². The minimum atomic E-state index is -0.0216. The van der Waals surface area contributed by atoms with Crippen LogP contribution in [0.25, 0.3) is 0 Å². The Balaban J connectivity index is 3.58. The van der Waals surface area contributed by atoms with Crippen LogP contribution in [-0.4, -0.2) is 37.6 Å². The third-order valence-electron chi connectivity index (χ3n) is 3.87. The van der Waals surface area contributed by atoms with Crippen molar-refractivity contribution in [2.75, 3.05) is 20.6 Å². The van der Waals surface area contributed by atoms with Gasteiger partial charge >= 0.3 is 5.97 Å². The van der Waals surface area contributed by atoms with Gasteiger partial charge in [-0.3, -0.25) is 4.79 Å². The van der Waals surface area contributed by atoms with Crippen LogP contribution in [0.4, 0.5) is 0 Å². The van der Waals surface area contributed by atoms with Crippen LogP contribution in [0.2, 0.25) is 0 Å². The molecular weight excluding hydrogens is 262 g/mol. The summed E-state index contributed by atoms with van der Waals surface area (Å²) in [6, 6.07) is 0. The molecule has 0 heterocycles. The molecule has 0 N–H and O–H groups in total. The van der Waals surface area contributed by atoms with Crippen molar-refractivity contribution >= 4 is 5.97 Å². The quantitative estimate of drug-likeness (QED) is 0.341. The molecule has 0 spiro atoms. The van der Waals surface area contributed by atoms with Crippen molar-refractivity contribution in [2.45, 2.75) is 90.6 Å². The topological polar surface area (TPSA) is 29.5 Å². The molecule has 1 unspecified atom stereocenters. The molecule has 0 fully saturated rings. The van der Waals surface area contributed by atoms with Crippen molar-refractivity contribution in [1.82, 2.24) is 4.90 Å². The second-order valence-electron chi connectivity index (χ2n) is 6.34. The number of esters is 1. The number of carbonyl (C=O) groups excluding carboxylic acids is 1. The second-order valence-corrected chi connectivity index (χ2v) is 6.34. The summed E-state index contributed by atoms with van der Waals surface area (Å²) in [6.45, 7) is 5.31. The molecule has 0 aliphatic rings. The van der Waals surface area contributed by atoms with Gasteiger partial charge in [0.2, 0.25) is 0 Å². The Kier molecular flexibility index (Phi) is 14.0. The van der Waals surface area contributed by atoms with Crippen LogP contribution in [0.15, 0.2) is 0 Å². The molecule has 0 bridgehead atoms. The van der Waals surface area contributed by atoms with Crippen LogP contribution < -0.4 is 0 Å². The molecule has 3 heteroatoms. The van der Waals surface area contributed by atoms with Crippen LogP contribution in [-0.2, 0) is 9.53 Å². The number of hydrogen-bond donors (Lipinski definition) is 0. The van der Waals surface area contributed by atoms with Crippen molar-refractivity contribution in [3.63, 3.8) is 0 Å². The zero-order valence-electron chi connectivity index (χ0n) is 14.8. The second kappa shape index (κ2) is 14.4. The first-order valence-corrected chi connectivity index (χ1v) is 8.94. The fourth-order valence-electron chi connectivity index (χ4n) is 2.46. The largest absolute Gasteiger partial charge is 0.462 e. The molecule has 0 aromatic heterocycles. The average Bonchev–Trinajstić information content (AvgIpc) is 2.44. The SMILES string of the molecule is CCCCCCCCCC(CC)OC(=O)CCCN(C)C. The summed E-state index contributed by atoms with van der Waals surface area (Å²) < 4.78 is 5.57. The molecule has 21 heavy (non-hydrogen) atoms. The van der Waals surface area contributed by atoms with Crippen LogP contribution in [0.5, 0.6) is 0 Å². The van der Waals surface area contributed by atoms with E-state index in [4.69, 9.17) is 4.74 Å². The molecule has 0 aliphatic heterocycles. The Bertz CT molecular complexity index is 241. The minimum absolute atomic E-state index is 0.0216. The highest BCUT2D eigenvalue weighted by molar-refractivity contribution is 5.69. The molecule has 126 valence electrons. The Morgan fingerprint density at radius 1 is 0.952 bits per heavy atom. The number of unbranched alkanes of at least 4 members (excludes halogenated alkanes) is 6. The normalized spacial score (nSPS) is 12.6. The zero-order chi connectivity index (χ0) is 15.9. The Morgan fingerprint density at radius 2 is 1.57 bits per heavy atom.